The van der Waals surface area contributed by atoms with Crippen LogP contribution >= 0.6 is 0 Å². The summed E-state index contributed by atoms with van der Waals surface area (Å²) in [4.78, 5) is 2.35. The van der Waals surface area contributed by atoms with E-state index < -0.39 is 0 Å². The molecule has 2 nitrogen and oxygen atoms in total. The number of nitrogens with two attached hydrogens (primary N) is 1. The highest BCUT2D eigenvalue weighted by Crippen LogP contribution is 2.20. The van der Waals surface area contributed by atoms with Crippen molar-refractivity contribution in [2.45, 2.75) is 26.8 Å². The molecule has 0 aliphatic carbocycles. The summed E-state index contributed by atoms with van der Waals surface area (Å²) in [6, 6.07) is 10.6. The van der Waals surface area contributed by atoms with Crippen molar-refractivity contribution in [1.29, 1.82) is 0 Å². The first-order valence-corrected chi connectivity index (χ1v) is 6.02. The van der Waals surface area contributed by atoms with E-state index in [0.29, 0.717) is 0 Å². The second kappa shape index (κ2) is 6.02. The molecule has 0 fully saturated rings. The van der Waals surface area contributed by atoms with E-state index in [2.05, 4.69) is 56.1 Å². The van der Waals surface area contributed by atoms with Crippen molar-refractivity contribution in [1.82, 2.24) is 4.90 Å². The Labute approximate surface area is 99.5 Å². The zero-order valence-corrected chi connectivity index (χ0v) is 10.7. The third-order valence-electron chi connectivity index (χ3n) is 3.29. The molecule has 0 spiro atoms. The fraction of sp³-hybridized carbons (Fsp3) is 0.571. The van der Waals surface area contributed by atoms with Gasteiger partial charge in [-0.05, 0) is 31.0 Å². The van der Waals surface area contributed by atoms with Crippen LogP contribution in [0, 0.1) is 5.41 Å². The minimum atomic E-state index is 0.240. The Morgan fingerprint density at radius 3 is 2.38 bits per heavy atom. The van der Waals surface area contributed by atoms with Crippen LogP contribution in [-0.4, -0.2) is 25.0 Å². The molecule has 90 valence electrons. The largest absolute Gasteiger partial charge is 0.330 e. The van der Waals surface area contributed by atoms with Crippen LogP contribution in [0.3, 0.4) is 0 Å². The molecule has 0 amide bonds. The topological polar surface area (TPSA) is 29.3 Å². The minimum absolute atomic E-state index is 0.240. The number of nitrogens with zero attached hydrogens (tertiary/aromatic N) is 1. The fourth-order valence-corrected chi connectivity index (χ4v) is 1.92. The molecule has 0 radical (unpaired) electrons. The van der Waals surface area contributed by atoms with Gasteiger partial charge in [-0.3, -0.25) is 0 Å². The second-order valence-corrected chi connectivity index (χ2v) is 5.03. The van der Waals surface area contributed by atoms with E-state index in [4.69, 9.17) is 5.73 Å². The summed E-state index contributed by atoms with van der Waals surface area (Å²) in [5, 5.41) is 0. The summed E-state index contributed by atoms with van der Waals surface area (Å²) in [7, 11) is 2.16. The Bertz CT molecular complexity index is 291. The van der Waals surface area contributed by atoms with E-state index in [0.717, 1.165) is 26.1 Å². The van der Waals surface area contributed by atoms with Crippen molar-refractivity contribution in [3.05, 3.63) is 35.9 Å². The van der Waals surface area contributed by atoms with Gasteiger partial charge >= 0.3 is 0 Å². The van der Waals surface area contributed by atoms with Crippen LogP contribution in [0.4, 0.5) is 0 Å². The summed E-state index contributed by atoms with van der Waals surface area (Å²) in [5.74, 6) is 0. The Kier molecular flexibility index (Phi) is 4.97. The zero-order chi connectivity index (χ0) is 12.0. The molecular weight excluding hydrogens is 196 g/mol. The van der Waals surface area contributed by atoms with Crippen molar-refractivity contribution in [3.63, 3.8) is 0 Å². The van der Waals surface area contributed by atoms with Gasteiger partial charge in [0.1, 0.15) is 0 Å². The summed E-state index contributed by atoms with van der Waals surface area (Å²) in [6.07, 6.45) is 1.13. The van der Waals surface area contributed by atoms with Crippen LogP contribution in [0.15, 0.2) is 30.3 Å². The Morgan fingerprint density at radius 2 is 1.88 bits per heavy atom. The maximum Gasteiger partial charge on any atom is 0.0230 e. The highest BCUT2D eigenvalue weighted by molar-refractivity contribution is 5.14. The Hall–Kier alpha value is -0.860. The summed E-state index contributed by atoms with van der Waals surface area (Å²) >= 11 is 0. The molecule has 0 heterocycles. The standard InChI is InChI=1S/C14H24N2/c1-4-14(2,11-15)12-16(3)10-13-8-6-5-7-9-13/h5-9H,4,10-12,15H2,1-3H3. The van der Waals surface area contributed by atoms with Crippen LogP contribution in [0.2, 0.25) is 0 Å². The third kappa shape index (κ3) is 3.95. The maximum absolute atomic E-state index is 5.83. The first kappa shape index (κ1) is 13.2. The lowest BCUT2D eigenvalue weighted by Crippen LogP contribution is -2.38. The number of hydrogen-bond acceptors (Lipinski definition) is 2. The number of rotatable bonds is 6. The predicted molar refractivity (Wildman–Crippen MR) is 70.2 cm³/mol. The number of hydrogen-bond donors (Lipinski definition) is 1. The molecule has 2 heteroatoms. The van der Waals surface area contributed by atoms with Gasteiger partial charge in [0.15, 0.2) is 0 Å². The minimum Gasteiger partial charge on any atom is -0.330 e. The van der Waals surface area contributed by atoms with E-state index in [1.54, 1.807) is 0 Å². The van der Waals surface area contributed by atoms with Crippen LogP contribution < -0.4 is 5.73 Å². The van der Waals surface area contributed by atoms with E-state index in [9.17, 15) is 0 Å². The third-order valence-corrected chi connectivity index (χ3v) is 3.29. The van der Waals surface area contributed by atoms with Crippen molar-refractivity contribution < 1.29 is 0 Å². The fourth-order valence-electron chi connectivity index (χ4n) is 1.92. The van der Waals surface area contributed by atoms with Gasteiger partial charge < -0.3 is 10.6 Å². The van der Waals surface area contributed by atoms with E-state index in [-0.39, 0.29) is 5.41 Å². The lowest BCUT2D eigenvalue weighted by Gasteiger charge is -2.31. The first-order valence-electron chi connectivity index (χ1n) is 6.02. The molecule has 16 heavy (non-hydrogen) atoms. The van der Waals surface area contributed by atoms with Crippen LogP contribution in [0.25, 0.3) is 0 Å². The second-order valence-electron chi connectivity index (χ2n) is 5.03. The molecule has 0 aliphatic heterocycles. The molecule has 1 aromatic carbocycles. The Morgan fingerprint density at radius 1 is 1.25 bits per heavy atom. The molecule has 1 rings (SSSR count). The van der Waals surface area contributed by atoms with Gasteiger partial charge in [-0.15, -0.1) is 0 Å². The summed E-state index contributed by atoms with van der Waals surface area (Å²) < 4.78 is 0. The molecule has 2 N–H and O–H groups in total. The monoisotopic (exact) mass is 220 g/mol. The van der Waals surface area contributed by atoms with Gasteiger partial charge in [-0.2, -0.15) is 0 Å². The lowest BCUT2D eigenvalue weighted by molar-refractivity contribution is 0.186. The van der Waals surface area contributed by atoms with Gasteiger partial charge in [0.05, 0.1) is 0 Å². The van der Waals surface area contributed by atoms with Crippen molar-refractivity contribution in [2.75, 3.05) is 20.1 Å². The molecule has 0 saturated heterocycles. The molecule has 0 bridgehead atoms. The molecule has 1 unspecified atom stereocenters. The molecular formula is C14H24N2. The quantitative estimate of drug-likeness (QED) is 0.798. The molecule has 1 aromatic rings. The van der Waals surface area contributed by atoms with Crippen LogP contribution in [0.5, 0.6) is 0 Å². The molecule has 0 aliphatic rings. The highest BCUT2D eigenvalue weighted by Gasteiger charge is 2.21. The average molecular weight is 220 g/mol. The van der Waals surface area contributed by atoms with E-state index in [1.807, 2.05) is 0 Å². The smallest absolute Gasteiger partial charge is 0.0230 e. The SMILES string of the molecule is CCC(C)(CN)CN(C)Cc1ccccc1. The van der Waals surface area contributed by atoms with Gasteiger partial charge in [0, 0.05) is 13.1 Å². The van der Waals surface area contributed by atoms with Gasteiger partial charge in [0.2, 0.25) is 0 Å². The number of benzene rings is 1. The van der Waals surface area contributed by atoms with Crippen molar-refractivity contribution in [2.24, 2.45) is 11.1 Å². The van der Waals surface area contributed by atoms with Gasteiger partial charge in [-0.1, -0.05) is 44.2 Å². The van der Waals surface area contributed by atoms with E-state index in [1.165, 1.54) is 5.56 Å². The maximum atomic E-state index is 5.83. The normalized spacial score (nSPS) is 15.1. The van der Waals surface area contributed by atoms with Crippen molar-refractivity contribution >= 4 is 0 Å². The van der Waals surface area contributed by atoms with Gasteiger partial charge in [-0.25, -0.2) is 0 Å². The summed E-state index contributed by atoms with van der Waals surface area (Å²) in [5.41, 5.74) is 7.43. The molecule has 0 saturated carbocycles. The summed E-state index contributed by atoms with van der Waals surface area (Å²) in [6.45, 7) is 7.27. The first-order chi connectivity index (χ1) is 7.59. The van der Waals surface area contributed by atoms with Gasteiger partial charge in [0.25, 0.3) is 0 Å². The zero-order valence-electron chi connectivity index (χ0n) is 10.7. The van der Waals surface area contributed by atoms with E-state index >= 15 is 0 Å². The van der Waals surface area contributed by atoms with Crippen LogP contribution in [0.1, 0.15) is 25.8 Å². The lowest BCUT2D eigenvalue weighted by atomic mass is 9.87. The van der Waals surface area contributed by atoms with Crippen LogP contribution in [-0.2, 0) is 6.54 Å². The predicted octanol–water partition coefficient (Wildman–Crippen LogP) is 2.49. The highest BCUT2D eigenvalue weighted by atomic mass is 15.1. The average Bonchev–Trinajstić information content (AvgIpc) is 2.30. The Balaban J connectivity index is 2.50. The molecule has 1 atom stereocenters. The van der Waals surface area contributed by atoms with Crippen molar-refractivity contribution in [3.8, 4) is 0 Å². The molecule has 0 aromatic heterocycles.